The summed E-state index contributed by atoms with van der Waals surface area (Å²) >= 11 is 0. The predicted octanol–water partition coefficient (Wildman–Crippen LogP) is -0.386. The van der Waals surface area contributed by atoms with Crippen molar-refractivity contribution in [1.29, 1.82) is 0 Å². The van der Waals surface area contributed by atoms with Crippen molar-refractivity contribution in [3.05, 3.63) is 12.4 Å². The van der Waals surface area contributed by atoms with Crippen molar-refractivity contribution < 1.29 is 0 Å². The van der Waals surface area contributed by atoms with Crippen LogP contribution in [0.15, 0.2) is 12.4 Å². The number of rotatable bonds is 1. The SMILES string of the molecule is CN(C)N1C=C[N+]=C1. The van der Waals surface area contributed by atoms with Crippen LogP contribution in [-0.4, -0.2) is 30.5 Å². The first-order chi connectivity index (χ1) is 3.80. The predicted molar refractivity (Wildman–Crippen MR) is 32.9 cm³/mol. The third kappa shape index (κ3) is 0.869. The van der Waals surface area contributed by atoms with E-state index in [9.17, 15) is 0 Å². The Labute approximate surface area is 48.9 Å². The molecule has 1 aliphatic rings. The highest BCUT2D eigenvalue weighted by molar-refractivity contribution is 5.57. The lowest BCUT2D eigenvalue weighted by molar-refractivity contribution is 0.181. The van der Waals surface area contributed by atoms with Crippen LogP contribution in [0.5, 0.6) is 0 Å². The molecule has 0 saturated heterocycles. The van der Waals surface area contributed by atoms with E-state index < -0.39 is 0 Å². The van der Waals surface area contributed by atoms with Crippen LogP contribution < -0.4 is 4.99 Å². The van der Waals surface area contributed by atoms with Gasteiger partial charge in [-0.15, -0.1) is 0 Å². The minimum absolute atomic E-state index is 1.75. The molecule has 3 heteroatoms. The second-order valence-electron chi connectivity index (χ2n) is 1.79. The molecule has 0 aromatic carbocycles. The molecule has 0 aromatic heterocycles. The normalized spacial score (nSPS) is 16.6. The van der Waals surface area contributed by atoms with Gasteiger partial charge in [0.2, 0.25) is 0 Å². The summed E-state index contributed by atoms with van der Waals surface area (Å²) in [5, 5.41) is 3.83. The number of nitrogens with zero attached hydrogens (tertiary/aromatic N) is 3. The second-order valence-corrected chi connectivity index (χ2v) is 1.79. The molecular weight excluding hydrogens is 102 g/mol. The Balaban J connectivity index is 2.49. The molecule has 0 fully saturated rings. The Morgan fingerprint density at radius 1 is 1.50 bits per heavy atom. The molecule has 1 rings (SSSR count). The zero-order valence-corrected chi connectivity index (χ0v) is 5.07. The first-order valence-electron chi connectivity index (χ1n) is 2.46. The molecule has 0 amide bonds. The third-order valence-electron chi connectivity index (χ3n) is 0.952. The molecule has 1 aliphatic heterocycles. The lowest BCUT2D eigenvalue weighted by atomic mass is 10.9. The van der Waals surface area contributed by atoms with Gasteiger partial charge in [-0.25, -0.2) is 0 Å². The molecule has 3 nitrogen and oxygen atoms in total. The Morgan fingerprint density at radius 2 is 2.25 bits per heavy atom. The molecule has 0 atom stereocenters. The van der Waals surface area contributed by atoms with Gasteiger partial charge in [0.05, 0.1) is 0 Å². The van der Waals surface area contributed by atoms with Gasteiger partial charge in [0.1, 0.15) is 0 Å². The van der Waals surface area contributed by atoms with Gasteiger partial charge >= 0.3 is 6.34 Å². The van der Waals surface area contributed by atoms with Gasteiger partial charge in [-0.2, -0.15) is 10.0 Å². The lowest BCUT2D eigenvalue weighted by Gasteiger charge is -2.09. The van der Waals surface area contributed by atoms with Crippen molar-refractivity contribution in [2.75, 3.05) is 14.1 Å². The summed E-state index contributed by atoms with van der Waals surface area (Å²) in [6.07, 6.45) is 5.39. The number of aliphatic imine (C=N–C) groups is 1. The average Bonchev–Trinajstić information content (AvgIpc) is 2.12. The maximum absolute atomic E-state index is 3.86. The van der Waals surface area contributed by atoms with Crippen molar-refractivity contribution in [2.45, 2.75) is 0 Å². The number of hydrogen-bond acceptors (Lipinski definition) is 3. The Hall–Kier alpha value is -0.830. The van der Waals surface area contributed by atoms with E-state index in [0.29, 0.717) is 0 Å². The highest BCUT2D eigenvalue weighted by Gasteiger charge is 2.10. The fourth-order valence-corrected chi connectivity index (χ4v) is 0.489. The van der Waals surface area contributed by atoms with Crippen LogP contribution in [0.1, 0.15) is 0 Å². The van der Waals surface area contributed by atoms with E-state index >= 15 is 0 Å². The molecule has 0 saturated carbocycles. The van der Waals surface area contributed by atoms with Gasteiger partial charge in [0.25, 0.3) is 0 Å². The van der Waals surface area contributed by atoms with Gasteiger partial charge in [0, 0.05) is 14.1 Å². The lowest BCUT2D eigenvalue weighted by Crippen LogP contribution is -2.29. The molecule has 8 heavy (non-hydrogen) atoms. The third-order valence-corrected chi connectivity index (χ3v) is 0.952. The minimum Gasteiger partial charge on any atom is -0.151 e. The van der Waals surface area contributed by atoms with Crippen LogP contribution in [0.4, 0.5) is 0 Å². The molecular formula is C5H9N3+. The van der Waals surface area contributed by atoms with E-state index in [1.807, 2.05) is 30.3 Å². The first-order valence-corrected chi connectivity index (χ1v) is 2.46. The molecule has 0 N–H and O–H groups in total. The summed E-state index contributed by atoms with van der Waals surface area (Å²) in [5.41, 5.74) is 0. The van der Waals surface area contributed by atoms with Gasteiger partial charge in [-0.1, -0.05) is 4.99 Å². The zero-order chi connectivity index (χ0) is 5.98. The Bertz CT molecular complexity index is 114. The van der Waals surface area contributed by atoms with E-state index in [2.05, 4.69) is 4.99 Å². The topological polar surface area (TPSA) is 20.6 Å². The summed E-state index contributed by atoms with van der Waals surface area (Å²) in [5.74, 6) is 0. The van der Waals surface area contributed by atoms with E-state index in [4.69, 9.17) is 0 Å². The molecule has 0 bridgehead atoms. The number of hydrogen-bond donors (Lipinski definition) is 0. The van der Waals surface area contributed by atoms with Crippen LogP contribution in [0.3, 0.4) is 0 Å². The Morgan fingerprint density at radius 3 is 2.50 bits per heavy atom. The van der Waals surface area contributed by atoms with Crippen molar-refractivity contribution in [2.24, 2.45) is 0 Å². The van der Waals surface area contributed by atoms with E-state index in [0.717, 1.165) is 0 Å². The quantitative estimate of drug-likeness (QED) is 0.459. The fourth-order valence-electron chi connectivity index (χ4n) is 0.489. The molecule has 0 aromatic rings. The first kappa shape index (κ1) is 5.31. The summed E-state index contributed by atoms with van der Waals surface area (Å²) in [4.78, 5) is 3.86. The van der Waals surface area contributed by atoms with Gasteiger partial charge in [0.15, 0.2) is 12.4 Å². The summed E-state index contributed by atoms with van der Waals surface area (Å²) < 4.78 is 0. The average molecular weight is 111 g/mol. The van der Waals surface area contributed by atoms with Crippen LogP contribution in [0.25, 0.3) is 0 Å². The van der Waals surface area contributed by atoms with Crippen molar-refractivity contribution in [3.8, 4) is 0 Å². The van der Waals surface area contributed by atoms with Gasteiger partial charge < -0.3 is 0 Å². The van der Waals surface area contributed by atoms with E-state index in [1.54, 1.807) is 12.5 Å². The van der Waals surface area contributed by atoms with Gasteiger partial charge in [-0.3, -0.25) is 0 Å². The van der Waals surface area contributed by atoms with Crippen LogP contribution in [0, 0.1) is 0 Å². The molecule has 43 valence electrons. The van der Waals surface area contributed by atoms with Crippen molar-refractivity contribution in [1.82, 2.24) is 15.0 Å². The summed E-state index contributed by atoms with van der Waals surface area (Å²) in [6, 6.07) is 0. The maximum Gasteiger partial charge on any atom is 0.304 e. The highest BCUT2D eigenvalue weighted by atomic mass is 15.6. The molecule has 0 aliphatic carbocycles. The maximum atomic E-state index is 3.86. The zero-order valence-electron chi connectivity index (χ0n) is 5.07. The molecule has 1 radical (unpaired) electrons. The highest BCUT2D eigenvalue weighted by Crippen LogP contribution is 1.89. The monoisotopic (exact) mass is 111 g/mol. The molecule has 1 heterocycles. The summed E-state index contributed by atoms with van der Waals surface area (Å²) in [7, 11) is 3.92. The van der Waals surface area contributed by atoms with Crippen LogP contribution in [-0.2, 0) is 0 Å². The van der Waals surface area contributed by atoms with Crippen LogP contribution >= 0.6 is 0 Å². The summed E-state index contributed by atoms with van der Waals surface area (Å²) in [6.45, 7) is 0. The van der Waals surface area contributed by atoms with E-state index in [1.165, 1.54) is 0 Å². The number of hydrazine groups is 1. The minimum atomic E-state index is 1.75. The van der Waals surface area contributed by atoms with Crippen molar-refractivity contribution in [3.63, 3.8) is 0 Å². The van der Waals surface area contributed by atoms with Crippen molar-refractivity contribution >= 4 is 6.34 Å². The molecule has 0 unspecified atom stereocenters. The second kappa shape index (κ2) is 1.96. The van der Waals surface area contributed by atoms with Crippen LogP contribution in [0.2, 0.25) is 0 Å². The fraction of sp³-hybridized carbons (Fsp3) is 0.400. The molecule has 0 spiro atoms. The standard InChI is InChI=1S/C5H9N3/c1-7(2)8-4-3-6-5-8/h3-5H,1-2H3/q+1. The smallest absolute Gasteiger partial charge is 0.151 e. The van der Waals surface area contributed by atoms with E-state index in [-0.39, 0.29) is 0 Å². The van der Waals surface area contributed by atoms with Gasteiger partial charge in [-0.05, 0) is 0 Å². The Kier molecular flexibility index (Phi) is 1.30. The largest absolute Gasteiger partial charge is 0.304 e.